The van der Waals surface area contributed by atoms with Crippen LogP contribution in [0, 0.1) is 0 Å². The Labute approximate surface area is 214 Å². The predicted octanol–water partition coefficient (Wildman–Crippen LogP) is 3.17. The Morgan fingerprint density at radius 3 is 2.24 bits per heavy atom. The maximum absolute atomic E-state index is 13.6. The summed E-state index contributed by atoms with van der Waals surface area (Å²) in [6, 6.07) is 21.7. The average Bonchev–Trinajstić information content (AvgIpc) is 2.89. The molecule has 1 aromatic heterocycles. The Bertz CT molecular complexity index is 1590. The molecule has 3 aromatic carbocycles. The number of methoxy groups -OCH3 is 1. The Kier molecular flexibility index (Phi) is 8.10. The van der Waals surface area contributed by atoms with Crippen LogP contribution < -0.4 is 20.7 Å². The zero-order chi connectivity index (χ0) is 26.4. The summed E-state index contributed by atoms with van der Waals surface area (Å²) < 4.78 is 41.5. The molecule has 10 heteroatoms. The molecular formula is C27H28N2O7S. The number of hydrogen-bond donors (Lipinski definition) is 0. The van der Waals surface area contributed by atoms with Gasteiger partial charge in [-0.1, -0.05) is 48.5 Å². The number of hydrogen-bond acceptors (Lipinski definition) is 7. The van der Waals surface area contributed by atoms with E-state index in [0.29, 0.717) is 22.4 Å². The lowest BCUT2D eigenvalue weighted by molar-refractivity contribution is 0.300. The maximum Gasteiger partial charge on any atom is 0.331 e. The van der Waals surface area contributed by atoms with Gasteiger partial charge in [-0.05, 0) is 41.8 Å². The van der Waals surface area contributed by atoms with Crippen LogP contribution in [0.1, 0.15) is 17.5 Å². The van der Waals surface area contributed by atoms with Gasteiger partial charge >= 0.3 is 5.69 Å². The summed E-state index contributed by atoms with van der Waals surface area (Å²) >= 11 is 0. The van der Waals surface area contributed by atoms with Crippen LogP contribution in [-0.4, -0.2) is 37.5 Å². The zero-order valence-corrected chi connectivity index (χ0v) is 21.4. The van der Waals surface area contributed by atoms with Gasteiger partial charge in [-0.15, -0.1) is 0 Å². The highest BCUT2D eigenvalue weighted by Gasteiger charge is 2.17. The van der Waals surface area contributed by atoms with Crippen molar-refractivity contribution in [1.29, 1.82) is 0 Å². The fourth-order valence-electron chi connectivity index (χ4n) is 3.99. The molecule has 0 unspecified atom stereocenters. The number of benzene rings is 3. The summed E-state index contributed by atoms with van der Waals surface area (Å²) in [5.41, 5.74) is 1.08. The van der Waals surface area contributed by atoms with E-state index in [4.69, 9.17) is 13.7 Å². The van der Waals surface area contributed by atoms with E-state index in [-0.39, 0.29) is 32.7 Å². The Morgan fingerprint density at radius 2 is 1.57 bits per heavy atom. The minimum absolute atomic E-state index is 0.0620. The summed E-state index contributed by atoms with van der Waals surface area (Å²) in [5.74, 6) is 1.05. The number of aromatic nitrogens is 2. The predicted molar refractivity (Wildman–Crippen MR) is 141 cm³/mol. The molecule has 0 bridgehead atoms. The monoisotopic (exact) mass is 524 g/mol. The first-order valence-corrected chi connectivity index (χ1v) is 13.5. The van der Waals surface area contributed by atoms with E-state index in [1.165, 1.54) is 9.13 Å². The fraction of sp³-hybridized carbons (Fsp3) is 0.259. The van der Waals surface area contributed by atoms with E-state index >= 15 is 0 Å². The molecule has 0 aliphatic rings. The Hall–Kier alpha value is -3.89. The lowest BCUT2D eigenvalue weighted by Gasteiger charge is -2.17. The van der Waals surface area contributed by atoms with Crippen molar-refractivity contribution in [3.05, 3.63) is 105 Å². The summed E-state index contributed by atoms with van der Waals surface area (Å²) in [5, 5.41) is 0.322. The fourth-order valence-corrected chi connectivity index (χ4v) is 4.41. The SMILES string of the molecule is COc1ccc(Cn2c(=O)c3cccc(OCc4ccccc4)c3n(CCCOS(C)(=O)=O)c2=O)cc1. The largest absolute Gasteiger partial charge is 0.497 e. The van der Waals surface area contributed by atoms with Gasteiger partial charge in [-0.25, -0.2) is 4.79 Å². The van der Waals surface area contributed by atoms with Crippen molar-refractivity contribution in [3.63, 3.8) is 0 Å². The number of rotatable bonds is 11. The number of para-hydroxylation sites is 1. The van der Waals surface area contributed by atoms with Crippen LogP contribution in [0.3, 0.4) is 0 Å². The van der Waals surface area contributed by atoms with Crippen molar-refractivity contribution in [1.82, 2.24) is 9.13 Å². The normalized spacial score (nSPS) is 11.5. The van der Waals surface area contributed by atoms with E-state index in [1.54, 1.807) is 49.6 Å². The second-order valence-corrected chi connectivity index (χ2v) is 10.1. The molecule has 0 aliphatic heterocycles. The van der Waals surface area contributed by atoms with Gasteiger partial charge in [0.05, 0.1) is 31.9 Å². The van der Waals surface area contributed by atoms with Gasteiger partial charge in [0.25, 0.3) is 15.7 Å². The van der Waals surface area contributed by atoms with Crippen molar-refractivity contribution >= 4 is 21.0 Å². The van der Waals surface area contributed by atoms with Crippen molar-refractivity contribution in [2.45, 2.75) is 26.1 Å². The molecule has 4 rings (SSSR count). The van der Waals surface area contributed by atoms with Crippen LogP contribution in [0.25, 0.3) is 10.9 Å². The molecule has 0 radical (unpaired) electrons. The minimum Gasteiger partial charge on any atom is -0.497 e. The lowest BCUT2D eigenvalue weighted by Crippen LogP contribution is -2.40. The van der Waals surface area contributed by atoms with Gasteiger partial charge < -0.3 is 9.47 Å². The number of ether oxygens (including phenoxy) is 2. The van der Waals surface area contributed by atoms with Crippen LogP contribution in [-0.2, 0) is 34.0 Å². The molecule has 0 atom stereocenters. The highest BCUT2D eigenvalue weighted by molar-refractivity contribution is 7.85. The van der Waals surface area contributed by atoms with Gasteiger partial charge in [0.1, 0.15) is 23.6 Å². The smallest absolute Gasteiger partial charge is 0.331 e. The van der Waals surface area contributed by atoms with E-state index in [2.05, 4.69) is 0 Å². The molecule has 9 nitrogen and oxygen atoms in total. The Morgan fingerprint density at radius 1 is 0.838 bits per heavy atom. The van der Waals surface area contributed by atoms with E-state index in [9.17, 15) is 18.0 Å². The summed E-state index contributed by atoms with van der Waals surface area (Å²) in [4.78, 5) is 27.1. The molecule has 194 valence electrons. The topological polar surface area (TPSA) is 106 Å². The number of aryl methyl sites for hydroxylation is 1. The molecule has 1 heterocycles. The first-order valence-electron chi connectivity index (χ1n) is 11.7. The van der Waals surface area contributed by atoms with E-state index in [1.807, 2.05) is 30.3 Å². The first kappa shape index (κ1) is 26.2. The first-order chi connectivity index (χ1) is 17.8. The summed E-state index contributed by atoms with van der Waals surface area (Å²) in [6.45, 7) is 0.337. The summed E-state index contributed by atoms with van der Waals surface area (Å²) in [6.07, 6.45) is 1.20. The Balaban J connectivity index is 1.77. The molecule has 4 aromatic rings. The second kappa shape index (κ2) is 11.4. The third-order valence-electron chi connectivity index (χ3n) is 5.77. The van der Waals surface area contributed by atoms with Crippen LogP contribution in [0.4, 0.5) is 0 Å². The molecular weight excluding hydrogens is 496 g/mol. The summed E-state index contributed by atoms with van der Waals surface area (Å²) in [7, 11) is -2.06. The third kappa shape index (κ3) is 6.46. The lowest BCUT2D eigenvalue weighted by atomic mass is 10.2. The van der Waals surface area contributed by atoms with Gasteiger partial charge in [-0.2, -0.15) is 8.42 Å². The zero-order valence-electron chi connectivity index (χ0n) is 20.6. The van der Waals surface area contributed by atoms with Crippen molar-refractivity contribution < 1.29 is 22.1 Å². The molecule has 0 N–H and O–H groups in total. The van der Waals surface area contributed by atoms with Crippen LogP contribution in [0.2, 0.25) is 0 Å². The highest BCUT2D eigenvalue weighted by atomic mass is 32.2. The van der Waals surface area contributed by atoms with Gasteiger partial charge in [0.15, 0.2) is 0 Å². The molecule has 37 heavy (non-hydrogen) atoms. The molecule has 0 fully saturated rings. The van der Waals surface area contributed by atoms with Gasteiger partial charge in [-0.3, -0.25) is 18.1 Å². The standard InChI is InChI=1S/C27H28N2O7S/c1-34-22-14-12-20(13-15-22)18-29-26(30)23-10-6-11-24(35-19-21-8-4-3-5-9-21)25(23)28(27(29)31)16-7-17-36-37(2,32)33/h3-6,8-15H,7,16-19H2,1-2H3. The molecule has 0 aliphatic carbocycles. The molecule has 0 spiro atoms. The molecule has 0 saturated heterocycles. The maximum atomic E-state index is 13.6. The van der Waals surface area contributed by atoms with Crippen molar-refractivity contribution in [2.24, 2.45) is 0 Å². The minimum atomic E-state index is -3.62. The second-order valence-electron chi connectivity index (χ2n) is 8.48. The number of nitrogens with zero attached hydrogens (tertiary/aromatic N) is 2. The van der Waals surface area contributed by atoms with Crippen LogP contribution in [0.15, 0.2) is 82.4 Å². The van der Waals surface area contributed by atoms with E-state index in [0.717, 1.165) is 17.4 Å². The van der Waals surface area contributed by atoms with Gasteiger partial charge in [0.2, 0.25) is 0 Å². The quantitative estimate of drug-likeness (QED) is 0.219. The van der Waals surface area contributed by atoms with Crippen LogP contribution >= 0.6 is 0 Å². The molecule has 0 amide bonds. The van der Waals surface area contributed by atoms with Gasteiger partial charge in [0, 0.05) is 6.54 Å². The average molecular weight is 525 g/mol. The highest BCUT2D eigenvalue weighted by Crippen LogP contribution is 2.24. The third-order valence-corrected chi connectivity index (χ3v) is 6.36. The van der Waals surface area contributed by atoms with Crippen LogP contribution in [0.5, 0.6) is 11.5 Å². The van der Waals surface area contributed by atoms with Crippen molar-refractivity contribution in [2.75, 3.05) is 20.0 Å². The number of fused-ring (bicyclic) bond motifs is 1. The van der Waals surface area contributed by atoms with Crippen molar-refractivity contribution in [3.8, 4) is 11.5 Å². The molecule has 0 saturated carbocycles. The van der Waals surface area contributed by atoms with E-state index < -0.39 is 21.4 Å².